The fourth-order valence-electron chi connectivity index (χ4n) is 2.26. The highest BCUT2D eigenvalue weighted by Crippen LogP contribution is 2.23. The molecule has 1 aliphatic carbocycles. The van der Waals surface area contributed by atoms with Crippen LogP contribution in [-0.4, -0.2) is 12.1 Å². The van der Waals surface area contributed by atoms with Gasteiger partial charge in [-0.25, -0.2) is 0 Å². The standard InChI is InChI=1S/C12H20N2S.ClH/c1-9(12-3-2-8-15-12)14-11-6-4-10(13)5-7-11;/h2-3,8-11,14H,4-7,13H2,1H3;1H. The second-order valence-corrected chi connectivity index (χ2v) is 5.49. The van der Waals surface area contributed by atoms with Crippen molar-refractivity contribution in [1.29, 1.82) is 0 Å². The first kappa shape index (κ1) is 14.0. The van der Waals surface area contributed by atoms with Gasteiger partial charge >= 0.3 is 0 Å². The van der Waals surface area contributed by atoms with Crippen molar-refractivity contribution in [3.8, 4) is 0 Å². The summed E-state index contributed by atoms with van der Waals surface area (Å²) in [4.78, 5) is 1.44. The Kier molecular flexibility index (Phi) is 5.76. The highest BCUT2D eigenvalue weighted by atomic mass is 35.5. The van der Waals surface area contributed by atoms with Crippen LogP contribution >= 0.6 is 23.7 Å². The predicted molar refractivity (Wildman–Crippen MR) is 73.3 cm³/mol. The van der Waals surface area contributed by atoms with Gasteiger partial charge in [0.1, 0.15) is 0 Å². The summed E-state index contributed by atoms with van der Waals surface area (Å²) in [7, 11) is 0. The Bertz CT molecular complexity index is 281. The predicted octanol–water partition coefficient (Wildman–Crippen LogP) is 3.09. The number of nitrogens with two attached hydrogens (primary N) is 1. The average molecular weight is 261 g/mol. The molecule has 0 aromatic carbocycles. The summed E-state index contributed by atoms with van der Waals surface area (Å²) in [6, 6.07) is 5.93. The molecule has 3 N–H and O–H groups in total. The van der Waals surface area contributed by atoms with Crippen LogP contribution in [0.25, 0.3) is 0 Å². The van der Waals surface area contributed by atoms with Gasteiger partial charge in [0.15, 0.2) is 0 Å². The molecule has 0 aliphatic heterocycles. The zero-order chi connectivity index (χ0) is 10.7. The average Bonchev–Trinajstić information content (AvgIpc) is 2.74. The van der Waals surface area contributed by atoms with Crippen molar-refractivity contribution in [2.24, 2.45) is 5.73 Å². The topological polar surface area (TPSA) is 38.0 Å². The summed E-state index contributed by atoms with van der Waals surface area (Å²) in [5.74, 6) is 0. The largest absolute Gasteiger partial charge is 0.328 e. The number of thiophene rings is 1. The lowest BCUT2D eigenvalue weighted by molar-refractivity contribution is 0.323. The summed E-state index contributed by atoms with van der Waals surface area (Å²) in [6.45, 7) is 2.25. The molecule has 2 rings (SSSR count). The molecule has 1 unspecified atom stereocenters. The van der Waals surface area contributed by atoms with E-state index < -0.39 is 0 Å². The Balaban J connectivity index is 0.00000128. The number of hydrogen-bond donors (Lipinski definition) is 2. The third kappa shape index (κ3) is 3.74. The maximum atomic E-state index is 5.90. The second-order valence-electron chi connectivity index (χ2n) is 4.52. The highest BCUT2D eigenvalue weighted by molar-refractivity contribution is 7.10. The van der Waals surface area contributed by atoms with Crippen molar-refractivity contribution in [2.75, 3.05) is 0 Å². The second kappa shape index (κ2) is 6.60. The number of nitrogens with one attached hydrogen (secondary N) is 1. The first-order chi connectivity index (χ1) is 7.25. The van der Waals surface area contributed by atoms with E-state index in [0.717, 1.165) is 0 Å². The Hall–Kier alpha value is -0.0900. The minimum absolute atomic E-state index is 0. The van der Waals surface area contributed by atoms with E-state index in [-0.39, 0.29) is 12.4 Å². The zero-order valence-electron chi connectivity index (χ0n) is 9.69. The van der Waals surface area contributed by atoms with Crippen molar-refractivity contribution >= 4 is 23.7 Å². The molecule has 1 fully saturated rings. The quantitative estimate of drug-likeness (QED) is 0.877. The van der Waals surface area contributed by atoms with Crippen LogP contribution < -0.4 is 11.1 Å². The first-order valence-corrected chi connectivity index (χ1v) is 6.68. The van der Waals surface area contributed by atoms with Gasteiger partial charge in [-0.2, -0.15) is 0 Å². The molecular formula is C12H21ClN2S. The Labute approximate surface area is 108 Å². The van der Waals surface area contributed by atoms with Crippen molar-refractivity contribution in [1.82, 2.24) is 5.32 Å². The lowest BCUT2D eigenvalue weighted by Crippen LogP contribution is -2.38. The van der Waals surface area contributed by atoms with E-state index in [0.29, 0.717) is 18.1 Å². The van der Waals surface area contributed by atoms with Crippen LogP contribution in [0.2, 0.25) is 0 Å². The molecule has 1 aromatic heterocycles. The van der Waals surface area contributed by atoms with Gasteiger partial charge in [-0.3, -0.25) is 0 Å². The molecule has 1 heterocycles. The summed E-state index contributed by atoms with van der Waals surface area (Å²) < 4.78 is 0. The SMILES string of the molecule is CC(NC1CCC(N)CC1)c1cccs1.Cl. The Morgan fingerprint density at radius 3 is 2.62 bits per heavy atom. The van der Waals surface area contributed by atoms with E-state index in [4.69, 9.17) is 5.73 Å². The summed E-state index contributed by atoms with van der Waals surface area (Å²) in [5.41, 5.74) is 5.90. The van der Waals surface area contributed by atoms with E-state index >= 15 is 0 Å². The van der Waals surface area contributed by atoms with Gasteiger partial charge in [-0.1, -0.05) is 6.07 Å². The molecule has 1 atom stereocenters. The maximum Gasteiger partial charge on any atom is 0.0388 e. The monoisotopic (exact) mass is 260 g/mol. The molecule has 0 amide bonds. The first-order valence-electron chi connectivity index (χ1n) is 5.80. The lowest BCUT2D eigenvalue weighted by atomic mass is 9.91. The fourth-order valence-corrected chi connectivity index (χ4v) is 3.00. The van der Waals surface area contributed by atoms with Gasteiger partial charge in [0, 0.05) is 23.0 Å². The lowest BCUT2D eigenvalue weighted by Gasteiger charge is -2.29. The normalized spacial score (nSPS) is 27.1. The number of hydrogen-bond acceptors (Lipinski definition) is 3. The van der Waals surface area contributed by atoms with Crippen LogP contribution in [0.3, 0.4) is 0 Å². The van der Waals surface area contributed by atoms with Crippen molar-refractivity contribution in [2.45, 2.75) is 50.7 Å². The molecule has 0 spiro atoms. The molecule has 1 aromatic rings. The van der Waals surface area contributed by atoms with Crippen LogP contribution in [0, 0.1) is 0 Å². The van der Waals surface area contributed by atoms with Crippen LogP contribution in [0.1, 0.15) is 43.5 Å². The Morgan fingerprint density at radius 2 is 2.06 bits per heavy atom. The van der Waals surface area contributed by atoms with Gasteiger partial charge in [0.05, 0.1) is 0 Å². The molecule has 92 valence electrons. The van der Waals surface area contributed by atoms with Gasteiger partial charge < -0.3 is 11.1 Å². The van der Waals surface area contributed by atoms with E-state index in [1.807, 2.05) is 11.3 Å². The van der Waals surface area contributed by atoms with Crippen LogP contribution in [0.15, 0.2) is 17.5 Å². The molecule has 1 saturated carbocycles. The molecule has 0 radical (unpaired) electrons. The number of rotatable bonds is 3. The van der Waals surface area contributed by atoms with Crippen LogP contribution in [0.4, 0.5) is 0 Å². The molecule has 4 heteroatoms. The fraction of sp³-hybridized carbons (Fsp3) is 0.667. The minimum Gasteiger partial charge on any atom is -0.328 e. The highest BCUT2D eigenvalue weighted by Gasteiger charge is 2.20. The maximum absolute atomic E-state index is 5.90. The molecule has 0 saturated heterocycles. The number of halogens is 1. The summed E-state index contributed by atoms with van der Waals surface area (Å²) in [6.07, 6.45) is 4.82. The Morgan fingerprint density at radius 1 is 1.38 bits per heavy atom. The molecule has 1 aliphatic rings. The van der Waals surface area contributed by atoms with Gasteiger partial charge in [0.25, 0.3) is 0 Å². The third-order valence-electron chi connectivity index (χ3n) is 3.23. The molecule has 0 bridgehead atoms. The van der Waals surface area contributed by atoms with Crippen molar-refractivity contribution in [3.05, 3.63) is 22.4 Å². The van der Waals surface area contributed by atoms with E-state index in [9.17, 15) is 0 Å². The van der Waals surface area contributed by atoms with E-state index in [1.54, 1.807) is 0 Å². The van der Waals surface area contributed by atoms with Gasteiger partial charge in [0.2, 0.25) is 0 Å². The van der Waals surface area contributed by atoms with Gasteiger partial charge in [-0.15, -0.1) is 23.7 Å². The van der Waals surface area contributed by atoms with E-state index in [2.05, 4.69) is 29.8 Å². The van der Waals surface area contributed by atoms with Crippen molar-refractivity contribution < 1.29 is 0 Å². The molecule has 2 nitrogen and oxygen atoms in total. The smallest absolute Gasteiger partial charge is 0.0388 e. The molecular weight excluding hydrogens is 240 g/mol. The zero-order valence-corrected chi connectivity index (χ0v) is 11.3. The van der Waals surface area contributed by atoms with Crippen molar-refractivity contribution in [3.63, 3.8) is 0 Å². The minimum atomic E-state index is 0. The van der Waals surface area contributed by atoms with E-state index in [1.165, 1.54) is 30.6 Å². The summed E-state index contributed by atoms with van der Waals surface area (Å²) in [5, 5.41) is 5.84. The molecule has 16 heavy (non-hydrogen) atoms. The summed E-state index contributed by atoms with van der Waals surface area (Å²) >= 11 is 1.83. The van der Waals surface area contributed by atoms with Crippen LogP contribution in [0.5, 0.6) is 0 Å². The third-order valence-corrected chi connectivity index (χ3v) is 4.28. The van der Waals surface area contributed by atoms with Gasteiger partial charge in [-0.05, 0) is 44.1 Å². The van der Waals surface area contributed by atoms with Crippen LogP contribution in [-0.2, 0) is 0 Å².